The number of aryl methyl sites for hydroxylation is 1. The van der Waals surface area contributed by atoms with E-state index < -0.39 is 0 Å². The smallest absolute Gasteiger partial charge is 0.130 e. The minimum Gasteiger partial charge on any atom is -0.383 e. The highest BCUT2D eigenvalue weighted by Gasteiger charge is 1.95. The zero-order valence-corrected chi connectivity index (χ0v) is 7.12. The first-order valence-electron chi connectivity index (χ1n) is 3.75. The van der Waals surface area contributed by atoms with Crippen LogP contribution in [0, 0.1) is 6.92 Å². The monoisotopic (exact) mass is 160 g/mol. The van der Waals surface area contributed by atoms with Gasteiger partial charge in [-0.25, -0.2) is 4.99 Å². The molecule has 0 spiro atoms. The number of aliphatic imine (C=N–C) groups is 1. The zero-order chi connectivity index (χ0) is 8.97. The molecule has 0 bridgehead atoms. The maximum absolute atomic E-state index is 5.65. The standard InChI is InChI=1S/C10H12N2/c1-3-12-10(11)9-6-4-5-8(2)7-9/h3-7H,1H2,2H3,(H2,11,12). The number of nitrogens with zero attached hydrogens (tertiary/aromatic N) is 1. The van der Waals surface area contributed by atoms with Crippen LogP contribution in [0.2, 0.25) is 0 Å². The van der Waals surface area contributed by atoms with E-state index in [-0.39, 0.29) is 0 Å². The highest BCUT2D eigenvalue weighted by Crippen LogP contribution is 2.03. The van der Waals surface area contributed by atoms with Crippen LogP contribution in [0.5, 0.6) is 0 Å². The predicted octanol–water partition coefficient (Wildman–Crippen LogP) is 1.84. The summed E-state index contributed by atoms with van der Waals surface area (Å²) in [6, 6.07) is 7.89. The van der Waals surface area contributed by atoms with Gasteiger partial charge in [0.15, 0.2) is 0 Å². The third kappa shape index (κ3) is 1.95. The summed E-state index contributed by atoms with van der Waals surface area (Å²) in [6.07, 6.45) is 1.44. The first kappa shape index (κ1) is 8.53. The summed E-state index contributed by atoms with van der Waals surface area (Å²) < 4.78 is 0. The lowest BCUT2D eigenvalue weighted by Gasteiger charge is -1.99. The van der Waals surface area contributed by atoms with Gasteiger partial charge in [-0.2, -0.15) is 0 Å². The van der Waals surface area contributed by atoms with Gasteiger partial charge in [-0.1, -0.05) is 30.3 Å². The van der Waals surface area contributed by atoms with Gasteiger partial charge in [-0.05, 0) is 13.0 Å². The van der Waals surface area contributed by atoms with E-state index in [1.54, 1.807) is 0 Å². The van der Waals surface area contributed by atoms with Crippen LogP contribution in [0.15, 0.2) is 42.0 Å². The van der Waals surface area contributed by atoms with Gasteiger partial charge in [-0.15, -0.1) is 0 Å². The lowest BCUT2D eigenvalue weighted by atomic mass is 10.1. The van der Waals surface area contributed by atoms with Gasteiger partial charge in [0.1, 0.15) is 5.84 Å². The average Bonchev–Trinajstić information content (AvgIpc) is 2.05. The predicted molar refractivity (Wildman–Crippen MR) is 52.1 cm³/mol. The fraction of sp³-hybridized carbons (Fsp3) is 0.100. The van der Waals surface area contributed by atoms with Crippen LogP contribution in [-0.4, -0.2) is 5.84 Å². The molecule has 0 aromatic heterocycles. The molecule has 0 aliphatic rings. The molecule has 1 aromatic rings. The summed E-state index contributed by atoms with van der Waals surface area (Å²) in [5.41, 5.74) is 7.77. The number of nitrogens with two attached hydrogens (primary N) is 1. The van der Waals surface area contributed by atoms with E-state index in [2.05, 4.69) is 11.6 Å². The highest BCUT2D eigenvalue weighted by molar-refractivity contribution is 5.97. The van der Waals surface area contributed by atoms with Crippen molar-refractivity contribution in [3.8, 4) is 0 Å². The number of hydrogen-bond donors (Lipinski definition) is 1. The van der Waals surface area contributed by atoms with Crippen molar-refractivity contribution in [2.45, 2.75) is 6.92 Å². The van der Waals surface area contributed by atoms with E-state index in [0.717, 1.165) is 5.56 Å². The second-order valence-electron chi connectivity index (χ2n) is 2.57. The second-order valence-corrected chi connectivity index (χ2v) is 2.57. The Morgan fingerprint density at radius 2 is 2.33 bits per heavy atom. The largest absolute Gasteiger partial charge is 0.383 e. The SMILES string of the molecule is C=CN=C(N)c1cccc(C)c1. The van der Waals surface area contributed by atoms with Crippen molar-refractivity contribution in [3.05, 3.63) is 48.2 Å². The summed E-state index contributed by atoms with van der Waals surface area (Å²) in [6.45, 7) is 5.50. The minimum atomic E-state index is 0.508. The van der Waals surface area contributed by atoms with Crippen LogP contribution in [0.3, 0.4) is 0 Å². The van der Waals surface area contributed by atoms with E-state index in [9.17, 15) is 0 Å². The number of hydrogen-bond acceptors (Lipinski definition) is 1. The lowest BCUT2D eigenvalue weighted by Crippen LogP contribution is -2.12. The Morgan fingerprint density at radius 1 is 1.58 bits per heavy atom. The Bertz CT molecular complexity index is 313. The number of amidine groups is 1. The number of rotatable bonds is 2. The molecule has 0 unspecified atom stereocenters. The quantitative estimate of drug-likeness (QED) is 0.520. The van der Waals surface area contributed by atoms with Gasteiger partial charge in [0, 0.05) is 11.8 Å². The Kier molecular flexibility index (Phi) is 2.64. The summed E-state index contributed by atoms with van der Waals surface area (Å²) in [5.74, 6) is 0.508. The Hall–Kier alpha value is -1.57. The molecule has 0 heterocycles. The van der Waals surface area contributed by atoms with E-state index >= 15 is 0 Å². The van der Waals surface area contributed by atoms with Gasteiger partial charge in [-0.3, -0.25) is 0 Å². The average molecular weight is 160 g/mol. The van der Waals surface area contributed by atoms with Crippen molar-refractivity contribution >= 4 is 5.84 Å². The lowest BCUT2D eigenvalue weighted by molar-refractivity contribution is 1.42. The van der Waals surface area contributed by atoms with Gasteiger partial charge < -0.3 is 5.73 Å². The first-order chi connectivity index (χ1) is 5.74. The molecule has 2 heteroatoms. The molecule has 2 nitrogen and oxygen atoms in total. The van der Waals surface area contributed by atoms with Crippen molar-refractivity contribution in [1.29, 1.82) is 0 Å². The second kappa shape index (κ2) is 3.72. The van der Waals surface area contributed by atoms with Crippen molar-refractivity contribution in [2.75, 3.05) is 0 Å². The molecular formula is C10H12N2. The molecule has 0 amide bonds. The summed E-state index contributed by atoms with van der Waals surface area (Å²) in [5, 5.41) is 0. The molecule has 0 atom stereocenters. The third-order valence-corrected chi connectivity index (χ3v) is 1.54. The zero-order valence-electron chi connectivity index (χ0n) is 7.12. The molecule has 0 fully saturated rings. The third-order valence-electron chi connectivity index (χ3n) is 1.54. The molecule has 0 aliphatic heterocycles. The van der Waals surface area contributed by atoms with E-state index in [1.165, 1.54) is 11.8 Å². The van der Waals surface area contributed by atoms with Crippen molar-refractivity contribution < 1.29 is 0 Å². The molecule has 12 heavy (non-hydrogen) atoms. The Morgan fingerprint density at radius 3 is 2.92 bits per heavy atom. The maximum atomic E-state index is 5.65. The molecule has 0 saturated heterocycles. The summed E-state index contributed by atoms with van der Waals surface area (Å²) in [7, 11) is 0. The van der Waals surface area contributed by atoms with Crippen LogP contribution in [-0.2, 0) is 0 Å². The van der Waals surface area contributed by atoms with Gasteiger partial charge in [0.05, 0.1) is 0 Å². The molecule has 1 rings (SSSR count). The van der Waals surface area contributed by atoms with Gasteiger partial charge in [0.25, 0.3) is 0 Å². The van der Waals surface area contributed by atoms with Crippen LogP contribution in [0.4, 0.5) is 0 Å². The van der Waals surface area contributed by atoms with Crippen LogP contribution in [0.1, 0.15) is 11.1 Å². The molecular weight excluding hydrogens is 148 g/mol. The van der Waals surface area contributed by atoms with Gasteiger partial charge in [0.2, 0.25) is 0 Å². The van der Waals surface area contributed by atoms with E-state index in [1.807, 2.05) is 31.2 Å². The van der Waals surface area contributed by atoms with Crippen molar-refractivity contribution in [1.82, 2.24) is 0 Å². The normalized spacial score (nSPS) is 11.2. The van der Waals surface area contributed by atoms with Crippen LogP contribution < -0.4 is 5.73 Å². The summed E-state index contributed by atoms with van der Waals surface area (Å²) >= 11 is 0. The van der Waals surface area contributed by atoms with Crippen molar-refractivity contribution in [2.24, 2.45) is 10.7 Å². The van der Waals surface area contributed by atoms with Gasteiger partial charge >= 0.3 is 0 Å². The van der Waals surface area contributed by atoms with E-state index in [0.29, 0.717) is 5.84 Å². The van der Waals surface area contributed by atoms with Crippen LogP contribution >= 0.6 is 0 Å². The molecule has 2 N–H and O–H groups in total. The Labute approximate surface area is 72.4 Å². The first-order valence-corrected chi connectivity index (χ1v) is 3.75. The molecule has 0 radical (unpaired) electrons. The molecule has 1 aromatic carbocycles. The Balaban J connectivity index is 3.03. The molecule has 0 aliphatic carbocycles. The van der Waals surface area contributed by atoms with Crippen LogP contribution in [0.25, 0.3) is 0 Å². The molecule has 62 valence electrons. The van der Waals surface area contributed by atoms with E-state index in [4.69, 9.17) is 5.73 Å². The topological polar surface area (TPSA) is 38.4 Å². The fourth-order valence-electron chi connectivity index (χ4n) is 0.977. The van der Waals surface area contributed by atoms with Crippen molar-refractivity contribution in [3.63, 3.8) is 0 Å². The maximum Gasteiger partial charge on any atom is 0.130 e. The fourth-order valence-corrected chi connectivity index (χ4v) is 0.977. The minimum absolute atomic E-state index is 0.508. The molecule has 0 saturated carbocycles. The summed E-state index contributed by atoms with van der Waals surface area (Å²) in [4.78, 5) is 3.89. The highest BCUT2D eigenvalue weighted by atomic mass is 14.8. The number of benzene rings is 1.